The molecule has 1 atom stereocenters. The Labute approximate surface area is 238 Å². The maximum absolute atomic E-state index is 13.5. The van der Waals surface area contributed by atoms with Gasteiger partial charge in [0.2, 0.25) is 0 Å². The van der Waals surface area contributed by atoms with Gasteiger partial charge in [-0.3, -0.25) is 14.5 Å². The van der Waals surface area contributed by atoms with Crippen molar-refractivity contribution in [1.82, 2.24) is 4.98 Å². The quantitative estimate of drug-likeness (QED) is 0.158. The minimum atomic E-state index is -0.957. The number of amides is 1. The molecule has 2 aromatic carbocycles. The first-order valence-corrected chi connectivity index (χ1v) is 13.9. The molecule has 0 saturated carbocycles. The molecule has 1 fully saturated rings. The molecule has 1 amide bonds. The lowest BCUT2D eigenvalue weighted by Gasteiger charge is -2.24. The third-order valence-electron chi connectivity index (χ3n) is 6.61. The molecule has 210 valence electrons. The molecule has 2 heterocycles. The van der Waals surface area contributed by atoms with Crippen LogP contribution in [0.2, 0.25) is 0 Å². The number of methoxy groups -OCH3 is 1. The van der Waals surface area contributed by atoms with Gasteiger partial charge in [-0.25, -0.2) is 9.78 Å². The summed E-state index contributed by atoms with van der Waals surface area (Å²) in [7, 11) is 1.27. The number of hydrogen-bond acceptors (Lipinski definition) is 8. The molecular weight excluding hydrogens is 528 g/mol. The summed E-state index contributed by atoms with van der Waals surface area (Å²) in [5.74, 6) is -1.58. The van der Waals surface area contributed by atoms with Gasteiger partial charge < -0.3 is 14.6 Å². The second-order valence-corrected chi connectivity index (χ2v) is 12.2. The Bertz CT molecular complexity index is 1460. The highest BCUT2D eigenvalue weighted by Gasteiger charge is 2.48. The van der Waals surface area contributed by atoms with Crippen molar-refractivity contribution in [3.05, 3.63) is 81.4 Å². The minimum absolute atomic E-state index is 0.0585. The fourth-order valence-electron chi connectivity index (χ4n) is 4.41. The molecule has 0 radical (unpaired) electrons. The first-order chi connectivity index (χ1) is 18.8. The number of nitrogens with zero attached hydrogens (tertiary/aromatic N) is 2. The van der Waals surface area contributed by atoms with Crippen molar-refractivity contribution in [3.63, 3.8) is 0 Å². The van der Waals surface area contributed by atoms with Crippen molar-refractivity contribution in [3.8, 4) is 5.75 Å². The highest BCUT2D eigenvalue weighted by molar-refractivity contribution is 7.17. The smallest absolute Gasteiger partial charge is 0.350 e. The molecule has 1 saturated heterocycles. The SMILES string of the molecule is COC(=O)c1sc(N2C(=O)C(=O)/C(=C(/O)c3ccc(OCC(C)C)cc3)C2c2ccc(C(C)(C)C)cc2)nc1C. The summed E-state index contributed by atoms with van der Waals surface area (Å²) in [4.78, 5) is 45.2. The summed E-state index contributed by atoms with van der Waals surface area (Å²) < 4.78 is 10.6. The Kier molecular flexibility index (Phi) is 8.16. The number of aromatic nitrogens is 1. The number of ketones is 1. The van der Waals surface area contributed by atoms with Crippen LogP contribution in [-0.2, 0) is 19.7 Å². The fourth-order valence-corrected chi connectivity index (χ4v) is 5.42. The first kappa shape index (κ1) is 29.0. The fraction of sp³-hybridized carbons (Fsp3) is 0.355. The van der Waals surface area contributed by atoms with Gasteiger partial charge in [-0.1, -0.05) is 70.2 Å². The van der Waals surface area contributed by atoms with Crippen LogP contribution in [0.15, 0.2) is 54.1 Å². The zero-order chi connectivity index (χ0) is 29.4. The number of aryl methyl sites for hydroxylation is 1. The molecule has 8 nitrogen and oxygen atoms in total. The van der Waals surface area contributed by atoms with Crippen LogP contribution in [0.3, 0.4) is 0 Å². The van der Waals surface area contributed by atoms with E-state index in [1.54, 1.807) is 31.2 Å². The van der Waals surface area contributed by atoms with Crippen LogP contribution in [0.25, 0.3) is 5.76 Å². The monoisotopic (exact) mass is 562 g/mol. The number of carbonyl (C=O) groups is 3. The Balaban J connectivity index is 1.85. The molecule has 3 aromatic rings. The lowest BCUT2D eigenvalue weighted by atomic mass is 9.85. The van der Waals surface area contributed by atoms with Crippen LogP contribution in [0.1, 0.15) is 72.7 Å². The minimum Gasteiger partial charge on any atom is -0.507 e. The Hall–Kier alpha value is -3.98. The van der Waals surface area contributed by atoms with Gasteiger partial charge >= 0.3 is 11.9 Å². The number of hydrogen-bond donors (Lipinski definition) is 1. The lowest BCUT2D eigenvalue weighted by Crippen LogP contribution is -2.29. The Morgan fingerprint density at radius 2 is 1.70 bits per heavy atom. The molecule has 0 bridgehead atoms. The molecule has 1 N–H and O–H groups in total. The van der Waals surface area contributed by atoms with E-state index >= 15 is 0 Å². The number of aliphatic hydroxyl groups excluding tert-OH is 1. The number of rotatable bonds is 7. The summed E-state index contributed by atoms with van der Waals surface area (Å²) in [6.07, 6.45) is 0. The molecule has 0 aliphatic carbocycles. The van der Waals surface area contributed by atoms with E-state index in [1.165, 1.54) is 12.0 Å². The van der Waals surface area contributed by atoms with Crippen molar-refractivity contribution >= 4 is 39.9 Å². The molecule has 1 aliphatic heterocycles. The number of aliphatic hydroxyl groups is 1. The summed E-state index contributed by atoms with van der Waals surface area (Å²) >= 11 is 0.967. The second-order valence-electron chi connectivity index (χ2n) is 11.2. The van der Waals surface area contributed by atoms with Gasteiger partial charge in [-0.05, 0) is 53.6 Å². The maximum atomic E-state index is 13.5. The number of anilines is 1. The Morgan fingerprint density at radius 1 is 1.07 bits per heavy atom. The molecule has 40 heavy (non-hydrogen) atoms. The van der Waals surface area contributed by atoms with Gasteiger partial charge in [0.1, 0.15) is 16.4 Å². The molecule has 1 aromatic heterocycles. The van der Waals surface area contributed by atoms with Gasteiger partial charge in [-0.2, -0.15) is 0 Å². The topological polar surface area (TPSA) is 106 Å². The van der Waals surface area contributed by atoms with Crippen molar-refractivity contribution in [2.75, 3.05) is 18.6 Å². The Morgan fingerprint density at radius 3 is 2.25 bits per heavy atom. The van der Waals surface area contributed by atoms with E-state index in [9.17, 15) is 19.5 Å². The van der Waals surface area contributed by atoms with Gasteiger partial charge in [0.15, 0.2) is 5.13 Å². The highest BCUT2D eigenvalue weighted by atomic mass is 32.1. The number of carbonyl (C=O) groups excluding carboxylic acids is 3. The van der Waals surface area contributed by atoms with E-state index in [-0.39, 0.29) is 26.8 Å². The highest BCUT2D eigenvalue weighted by Crippen LogP contribution is 2.44. The average Bonchev–Trinajstić information content (AvgIpc) is 3.42. The molecular formula is C31H34N2O6S. The second kappa shape index (κ2) is 11.3. The van der Waals surface area contributed by atoms with E-state index in [0.717, 1.165) is 16.9 Å². The molecule has 1 unspecified atom stereocenters. The summed E-state index contributed by atoms with van der Waals surface area (Å²) in [6.45, 7) is 12.6. The number of thiazole rings is 1. The van der Waals surface area contributed by atoms with Crippen LogP contribution < -0.4 is 9.64 Å². The molecule has 1 aliphatic rings. The number of ether oxygens (including phenoxy) is 2. The van der Waals surface area contributed by atoms with Crippen LogP contribution in [0.4, 0.5) is 5.13 Å². The van der Waals surface area contributed by atoms with Gasteiger partial charge in [0, 0.05) is 5.56 Å². The van der Waals surface area contributed by atoms with Gasteiger partial charge in [0.25, 0.3) is 5.78 Å². The zero-order valence-electron chi connectivity index (χ0n) is 23.8. The van der Waals surface area contributed by atoms with E-state index < -0.39 is 23.7 Å². The average molecular weight is 563 g/mol. The van der Waals surface area contributed by atoms with E-state index in [1.807, 2.05) is 38.1 Å². The van der Waals surface area contributed by atoms with E-state index in [0.29, 0.717) is 35.1 Å². The molecule has 4 rings (SSSR count). The number of benzene rings is 2. The zero-order valence-corrected chi connectivity index (χ0v) is 24.6. The molecule has 0 spiro atoms. The van der Waals surface area contributed by atoms with Crippen molar-refractivity contribution in [2.24, 2.45) is 5.92 Å². The first-order valence-electron chi connectivity index (χ1n) is 13.0. The van der Waals surface area contributed by atoms with E-state index in [4.69, 9.17) is 9.47 Å². The normalized spacial score (nSPS) is 17.0. The summed E-state index contributed by atoms with van der Waals surface area (Å²) in [6, 6.07) is 13.4. The molecule has 9 heteroatoms. The van der Waals surface area contributed by atoms with Crippen LogP contribution >= 0.6 is 11.3 Å². The third kappa shape index (κ3) is 5.65. The van der Waals surface area contributed by atoms with Crippen LogP contribution in [0.5, 0.6) is 5.75 Å². The summed E-state index contributed by atoms with van der Waals surface area (Å²) in [5, 5.41) is 11.6. The van der Waals surface area contributed by atoms with Crippen molar-refractivity contribution in [2.45, 2.75) is 53.0 Å². The van der Waals surface area contributed by atoms with Crippen LogP contribution in [0, 0.1) is 12.8 Å². The summed E-state index contributed by atoms with van der Waals surface area (Å²) in [5.41, 5.74) is 2.28. The number of esters is 1. The predicted molar refractivity (Wildman–Crippen MR) is 155 cm³/mol. The van der Waals surface area contributed by atoms with Crippen molar-refractivity contribution in [1.29, 1.82) is 0 Å². The van der Waals surface area contributed by atoms with Gasteiger partial charge in [-0.15, -0.1) is 0 Å². The van der Waals surface area contributed by atoms with Gasteiger partial charge in [0.05, 0.1) is 31.0 Å². The predicted octanol–water partition coefficient (Wildman–Crippen LogP) is 6.20. The maximum Gasteiger partial charge on any atom is 0.350 e. The van der Waals surface area contributed by atoms with E-state index in [2.05, 4.69) is 25.8 Å². The van der Waals surface area contributed by atoms with Crippen molar-refractivity contribution < 1.29 is 29.0 Å². The largest absolute Gasteiger partial charge is 0.507 e. The van der Waals surface area contributed by atoms with Crippen LogP contribution in [-0.4, -0.2) is 41.5 Å². The standard InChI is InChI=1S/C31H34N2O6S/c1-17(2)16-39-22-14-10-20(11-15-22)25(34)23-24(19-8-12-21(13-9-19)31(4,5)6)33(28(36)26(23)35)30-32-18(3)27(40-30)29(37)38-7/h8-15,17,24,34H,16H2,1-7H3/b25-23+. The lowest BCUT2D eigenvalue weighted by molar-refractivity contribution is -0.132. The third-order valence-corrected chi connectivity index (χ3v) is 7.75. The number of Topliss-reactive ketones (excluding diaryl/α,β-unsaturated/α-hetero) is 1.